The average molecular weight is 957 g/mol. The van der Waals surface area contributed by atoms with E-state index in [0.29, 0.717) is 0 Å². The summed E-state index contributed by atoms with van der Waals surface area (Å²) in [5, 5.41) is 0. The minimum Gasteiger partial charge on any atom is -0.323 e. The Morgan fingerprint density at radius 3 is 1.26 bits per heavy atom. The van der Waals surface area contributed by atoms with Gasteiger partial charge in [-0.15, -0.1) is 0 Å². The summed E-state index contributed by atoms with van der Waals surface area (Å²) in [4.78, 5) is 4.61. The Kier molecular flexibility index (Phi) is 19.0. The van der Waals surface area contributed by atoms with Crippen LogP contribution in [-0.4, -0.2) is 12.3 Å². The van der Waals surface area contributed by atoms with E-state index in [-0.39, 0.29) is 25.6 Å². The van der Waals surface area contributed by atoms with Crippen LogP contribution in [0.4, 0.5) is 34.1 Å². The molecule has 8 aromatic carbocycles. The van der Waals surface area contributed by atoms with Crippen LogP contribution in [0.25, 0.3) is 0 Å². The average Bonchev–Trinajstić information content (AvgIpc) is 3.28. The number of benzene rings is 8. The maximum absolute atomic E-state index is 5.57. The molecule has 1 aliphatic heterocycles. The molecule has 9 heteroatoms. The molecule has 0 atom stereocenters. The molecule has 1 heterocycles. The van der Waals surface area contributed by atoms with E-state index in [1.807, 2.05) is 60.7 Å². The molecule has 0 saturated heterocycles. The third-order valence-corrected chi connectivity index (χ3v) is 11.2. The number of fused-ring (bicyclic) bond motifs is 2. The van der Waals surface area contributed by atoms with Gasteiger partial charge >= 0.3 is 24.4 Å². The fourth-order valence-corrected chi connectivity index (χ4v) is 8.09. The number of halogens is 4. The van der Waals surface area contributed by atoms with Crippen LogP contribution in [0.1, 0.15) is 20.8 Å². The topological polar surface area (TPSA) is 6.48 Å². The molecule has 8 aromatic rings. The summed E-state index contributed by atoms with van der Waals surface area (Å²) in [6, 6.07) is 75.3. The van der Waals surface area contributed by atoms with Gasteiger partial charge in [0.05, 0.1) is 11.4 Å². The van der Waals surface area contributed by atoms with Crippen LogP contribution in [0.3, 0.4) is 0 Å². The number of nitrogens with zero attached hydrogens (tertiary/aromatic N) is 2. The van der Waals surface area contributed by atoms with Crippen molar-refractivity contribution in [2.45, 2.75) is 20.8 Å². The first-order chi connectivity index (χ1) is 29.2. The molecular weight excluding hydrogens is 912 g/mol. The van der Waals surface area contributed by atoms with E-state index in [2.05, 4.69) is 220 Å². The summed E-state index contributed by atoms with van der Waals surface area (Å²) in [7, 11) is 0. The molecule has 9 rings (SSSR count). The third kappa shape index (κ3) is 12.8. The Labute approximate surface area is 402 Å². The Morgan fingerprint density at radius 1 is 0.475 bits per heavy atom. The second-order valence-electron chi connectivity index (χ2n) is 14.4. The van der Waals surface area contributed by atoms with Crippen LogP contribution in [0, 0.1) is 5.92 Å². The van der Waals surface area contributed by atoms with E-state index in [1.54, 1.807) is 0 Å². The first-order valence-electron chi connectivity index (χ1n) is 19.8. The number of para-hydroxylation sites is 6. The van der Waals surface area contributed by atoms with Crippen molar-refractivity contribution in [1.82, 2.24) is 0 Å². The second kappa shape index (κ2) is 24.3. The van der Waals surface area contributed by atoms with Crippen LogP contribution in [0.5, 0.6) is 0 Å². The van der Waals surface area contributed by atoms with Gasteiger partial charge in [-0.05, 0) is 109 Å². The molecule has 0 aromatic heterocycles. The van der Waals surface area contributed by atoms with Crippen molar-refractivity contribution < 1.29 is 18.9 Å². The van der Waals surface area contributed by atoms with Gasteiger partial charge < -0.3 is 15.7 Å². The molecule has 0 fully saturated rings. The van der Waals surface area contributed by atoms with Gasteiger partial charge in [0.25, 0.3) is 0 Å². The molecule has 0 spiro atoms. The number of hydrogen-bond donors (Lipinski definition) is 0. The molecule has 0 radical (unpaired) electrons. The Morgan fingerprint density at radius 2 is 0.836 bits per heavy atom. The first kappa shape index (κ1) is 47.7. The summed E-state index contributed by atoms with van der Waals surface area (Å²) in [5.41, 5.74) is 11.6. The normalized spacial score (nSPS) is 10.8. The number of hydrogen-bond acceptors (Lipinski definition) is 2. The molecule has 0 unspecified atom stereocenters. The van der Waals surface area contributed by atoms with Crippen molar-refractivity contribution in [3.8, 4) is 0 Å². The third-order valence-electron chi connectivity index (χ3n) is 9.38. The molecule has 0 amide bonds. The molecule has 1 aliphatic rings. The molecule has 0 saturated carbocycles. The largest absolute Gasteiger partial charge is 1.00 e. The van der Waals surface area contributed by atoms with E-state index < -0.39 is 5.54 Å². The van der Waals surface area contributed by atoms with Gasteiger partial charge in [0.2, 0.25) is 6.71 Å². The van der Waals surface area contributed by atoms with E-state index in [9.17, 15) is 0 Å². The van der Waals surface area contributed by atoms with Crippen molar-refractivity contribution in [1.29, 1.82) is 0 Å². The maximum Gasteiger partial charge on any atom is 1.00 e. The van der Waals surface area contributed by atoms with E-state index in [1.165, 1.54) is 39.4 Å². The van der Waals surface area contributed by atoms with Crippen molar-refractivity contribution in [3.05, 3.63) is 233 Å². The summed E-state index contributed by atoms with van der Waals surface area (Å²) in [6.45, 7) is 6.50. The van der Waals surface area contributed by atoms with Crippen LogP contribution < -0.4 is 50.5 Å². The molecule has 2 nitrogen and oxygen atoms in total. The molecular formula is C52H45B2Br2Cl2LiN2. The summed E-state index contributed by atoms with van der Waals surface area (Å²) in [6.07, 6.45) is 0. The predicted octanol–water partition coefficient (Wildman–Crippen LogP) is 11.2. The van der Waals surface area contributed by atoms with Gasteiger partial charge in [-0.1, -0.05) is 163 Å². The standard InChI is InChI=1S/C24H18BN.C18H13Br2N.C6H5BCl2.C4H9.Li/c1-3-11-19(12-4-1)25-21-15-7-9-17-23(21)26(20-13-5-2-6-14-20)24-18-10-8-16-22(24)25;19-15-10-4-6-12-17(15)21(14-8-2-1-3-9-14)18-13-7-5-11-16(18)20;8-7(9)6-4-2-1-3-5-6;1-4(2)3;/h1-18H;1-13H;1-5H;1-3H3;/q;;;-1;+1. The van der Waals surface area contributed by atoms with Gasteiger partial charge in [-0.2, -0.15) is 43.7 Å². The van der Waals surface area contributed by atoms with Crippen LogP contribution in [0.2, 0.25) is 0 Å². The zero-order valence-corrected chi connectivity index (χ0v) is 39.5. The predicted molar refractivity (Wildman–Crippen MR) is 273 cm³/mol. The van der Waals surface area contributed by atoms with Gasteiger partial charge in [-0.3, -0.25) is 0 Å². The second-order valence-corrected chi connectivity index (χ2v) is 17.2. The Balaban J connectivity index is 0.000000180. The monoisotopic (exact) mass is 954 g/mol. The summed E-state index contributed by atoms with van der Waals surface area (Å²) >= 11 is 18.5. The van der Waals surface area contributed by atoms with Gasteiger partial charge in [0, 0.05) is 31.7 Å². The fraction of sp³-hybridized carbons (Fsp3) is 0.0577. The first-order valence-corrected chi connectivity index (χ1v) is 22.2. The Hall–Kier alpha value is -4.37. The van der Waals surface area contributed by atoms with E-state index in [0.717, 1.165) is 31.5 Å². The summed E-state index contributed by atoms with van der Waals surface area (Å²) in [5.74, 6) is 1.42. The van der Waals surface area contributed by atoms with Crippen LogP contribution >= 0.6 is 54.8 Å². The van der Waals surface area contributed by atoms with Gasteiger partial charge in [0.1, 0.15) is 0 Å². The minimum atomic E-state index is -0.397. The van der Waals surface area contributed by atoms with Crippen molar-refractivity contribution in [2.75, 3.05) is 9.80 Å². The van der Waals surface area contributed by atoms with Crippen molar-refractivity contribution in [2.24, 2.45) is 0 Å². The molecule has 61 heavy (non-hydrogen) atoms. The van der Waals surface area contributed by atoms with Gasteiger partial charge in [-0.25, -0.2) is 0 Å². The zero-order valence-electron chi connectivity index (χ0n) is 34.8. The molecule has 298 valence electrons. The molecule has 0 aliphatic carbocycles. The van der Waals surface area contributed by atoms with Gasteiger partial charge in [0.15, 0.2) is 0 Å². The van der Waals surface area contributed by atoms with Crippen molar-refractivity contribution in [3.63, 3.8) is 0 Å². The number of anilines is 6. The quantitative estimate of drug-likeness (QED) is 0.121. The fourth-order valence-electron chi connectivity index (χ4n) is 6.88. The molecule has 0 bridgehead atoms. The summed E-state index contributed by atoms with van der Waals surface area (Å²) < 4.78 is 2.12. The Bertz CT molecular complexity index is 2340. The van der Waals surface area contributed by atoms with Crippen LogP contribution in [0.15, 0.2) is 227 Å². The zero-order chi connectivity index (χ0) is 42.3. The SMILES string of the molecule is Brc1ccccc1N(c1ccccc1)c1ccccc1Br.C[C-](C)C.ClB(Cl)c1ccccc1.[Li+].c1ccc(B2c3ccccc3N(c3ccccc3)c3ccccc32)cc1. The van der Waals surface area contributed by atoms with Crippen LogP contribution in [-0.2, 0) is 0 Å². The number of rotatable bonds is 6. The minimum absolute atomic E-state index is 0. The van der Waals surface area contributed by atoms with Crippen molar-refractivity contribution >= 4 is 123 Å². The van der Waals surface area contributed by atoms with E-state index in [4.69, 9.17) is 22.9 Å². The smallest absolute Gasteiger partial charge is 0.323 e. The molecule has 0 N–H and O–H groups in total. The van der Waals surface area contributed by atoms with E-state index >= 15 is 0 Å². The maximum atomic E-state index is 5.57.